The maximum atomic E-state index is 14.4. The van der Waals surface area contributed by atoms with E-state index in [1.54, 1.807) is 0 Å². The van der Waals surface area contributed by atoms with Crippen molar-refractivity contribution in [2.75, 3.05) is 0 Å². The van der Waals surface area contributed by atoms with Gasteiger partial charge >= 0.3 is 12.4 Å². The highest BCUT2D eigenvalue weighted by atomic mass is 19.4. The summed E-state index contributed by atoms with van der Waals surface area (Å²) in [6.07, 6.45) is -8.12. The minimum absolute atomic E-state index is 0.0637. The summed E-state index contributed by atoms with van der Waals surface area (Å²) in [6.45, 7) is 1.43. The minimum atomic E-state index is -4.62. The van der Waals surface area contributed by atoms with Crippen molar-refractivity contribution in [3.8, 4) is 22.3 Å². The molecule has 0 radical (unpaired) electrons. The summed E-state index contributed by atoms with van der Waals surface area (Å²) in [6, 6.07) is 8.43. The molecule has 0 unspecified atom stereocenters. The summed E-state index contributed by atoms with van der Waals surface area (Å²) in [7, 11) is 0. The Labute approximate surface area is 155 Å². The van der Waals surface area contributed by atoms with Crippen LogP contribution >= 0.6 is 0 Å². The van der Waals surface area contributed by atoms with Gasteiger partial charge in [0.15, 0.2) is 0 Å². The Morgan fingerprint density at radius 1 is 0.750 bits per heavy atom. The van der Waals surface area contributed by atoms with Gasteiger partial charge in [-0.05, 0) is 47.9 Å². The lowest BCUT2D eigenvalue weighted by Crippen LogP contribution is -2.06. The second-order valence-corrected chi connectivity index (χ2v) is 6.12. The van der Waals surface area contributed by atoms with Crippen LogP contribution in [-0.4, -0.2) is 4.98 Å². The van der Waals surface area contributed by atoms with Crippen molar-refractivity contribution in [2.45, 2.75) is 19.3 Å². The fourth-order valence-electron chi connectivity index (χ4n) is 2.91. The average molecular weight is 399 g/mol. The molecule has 0 aliphatic carbocycles. The number of nitrogens with zero attached hydrogens (tertiary/aromatic N) is 1. The summed E-state index contributed by atoms with van der Waals surface area (Å²) in [4.78, 5) is 3.55. The van der Waals surface area contributed by atoms with Crippen molar-refractivity contribution < 1.29 is 30.7 Å². The van der Waals surface area contributed by atoms with Crippen molar-refractivity contribution in [1.29, 1.82) is 0 Å². The molecule has 0 aliphatic rings. The molecule has 0 atom stereocenters. The summed E-state index contributed by atoms with van der Waals surface area (Å²) < 4.78 is 92.2. The SMILES string of the molecule is Cc1c(-c2cccc(C(F)(F)F)c2)cnc(F)c1-c1cccc(C(F)(F)F)c1. The normalized spacial score (nSPS) is 12.3. The zero-order valence-electron chi connectivity index (χ0n) is 14.3. The van der Waals surface area contributed by atoms with Crippen LogP contribution in [0, 0.1) is 12.9 Å². The molecule has 0 N–H and O–H groups in total. The van der Waals surface area contributed by atoms with Crippen LogP contribution in [0.15, 0.2) is 54.7 Å². The van der Waals surface area contributed by atoms with E-state index in [4.69, 9.17) is 0 Å². The molecular weight excluding hydrogens is 387 g/mol. The van der Waals surface area contributed by atoms with E-state index in [1.807, 2.05) is 0 Å². The van der Waals surface area contributed by atoms with Gasteiger partial charge in [-0.1, -0.05) is 24.3 Å². The van der Waals surface area contributed by atoms with Crippen molar-refractivity contribution >= 4 is 0 Å². The van der Waals surface area contributed by atoms with Crippen LogP contribution in [0.1, 0.15) is 16.7 Å². The van der Waals surface area contributed by atoms with Crippen molar-refractivity contribution in [1.82, 2.24) is 4.98 Å². The van der Waals surface area contributed by atoms with Gasteiger partial charge in [-0.3, -0.25) is 0 Å². The van der Waals surface area contributed by atoms with Gasteiger partial charge in [0.25, 0.3) is 0 Å². The number of hydrogen-bond acceptors (Lipinski definition) is 1. The number of benzene rings is 2. The lowest BCUT2D eigenvalue weighted by molar-refractivity contribution is -0.138. The largest absolute Gasteiger partial charge is 0.416 e. The Balaban J connectivity index is 2.17. The Morgan fingerprint density at radius 3 is 1.79 bits per heavy atom. The molecule has 0 saturated carbocycles. The third kappa shape index (κ3) is 3.85. The first-order valence-corrected chi connectivity index (χ1v) is 7.99. The molecular formula is C20H12F7N. The fraction of sp³-hybridized carbons (Fsp3) is 0.150. The second-order valence-electron chi connectivity index (χ2n) is 6.12. The minimum Gasteiger partial charge on any atom is -0.227 e. The molecule has 2 aromatic carbocycles. The third-order valence-electron chi connectivity index (χ3n) is 4.27. The molecule has 0 amide bonds. The Bertz CT molecular complexity index is 1020. The van der Waals surface area contributed by atoms with Crippen molar-refractivity contribution in [2.24, 2.45) is 0 Å². The van der Waals surface area contributed by atoms with E-state index in [9.17, 15) is 30.7 Å². The van der Waals surface area contributed by atoms with Gasteiger partial charge in [-0.2, -0.15) is 30.7 Å². The molecule has 0 aliphatic heterocycles. The van der Waals surface area contributed by atoms with Crippen LogP contribution in [0.4, 0.5) is 30.7 Å². The van der Waals surface area contributed by atoms with E-state index in [0.29, 0.717) is 0 Å². The first kappa shape index (κ1) is 19.9. The summed E-state index contributed by atoms with van der Waals surface area (Å²) >= 11 is 0. The molecule has 146 valence electrons. The lowest BCUT2D eigenvalue weighted by Gasteiger charge is -2.15. The third-order valence-corrected chi connectivity index (χ3v) is 4.27. The monoisotopic (exact) mass is 399 g/mol. The predicted octanol–water partition coefficient (Wildman–Crippen LogP) is 6.90. The van der Waals surface area contributed by atoms with E-state index in [2.05, 4.69) is 4.98 Å². The molecule has 0 saturated heterocycles. The standard InChI is InChI=1S/C20H12F7N/c1-11-16(12-4-2-6-14(8-12)19(22,23)24)10-28-18(21)17(11)13-5-3-7-15(9-13)20(25,26)27/h2-10H,1H3. The van der Waals surface area contributed by atoms with Crippen molar-refractivity contribution in [3.05, 3.63) is 77.4 Å². The lowest BCUT2D eigenvalue weighted by atomic mass is 9.93. The van der Waals surface area contributed by atoms with E-state index in [-0.39, 0.29) is 27.8 Å². The van der Waals surface area contributed by atoms with Crippen LogP contribution in [0.25, 0.3) is 22.3 Å². The molecule has 1 heterocycles. The van der Waals surface area contributed by atoms with Gasteiger partial charge in [0.2, 0.25) is 5.95 Å². The zero-order valence-corrected chi connectivity index (χ0v) is 14.3. The van der Waals surface area contributed by atoms with Crippen molar-refractivity contribution in [3.63, 3.8) is 0 Å². The van der Waals surface area contributed by atoms with Gasteiger partial charge in [-0.25, -0.2) is 4.98 Å². The van der Waals surface area contributed by atoms with Gasteiger partial charge < -0.3 is 0 Å². The molecule has 1 nitrogen and oxygen atoms in total. The first-order valence-electron chi connectivity index (χ1n) is 7.99. The molecule has 8 heteroatoms. The van der Waals surface area contributed by atoms with Crippen LogP contribution in [-0.2, 0) is 12.4 Å². The van der Waals surface area contributed by atoms with Gasteiger partial charge in [0, 0.05) is 17.3 Å². The summed E-state index contributed by atoms with van der Waals surface area (Å²) in [5.41, 5.74) is -1.60. The Kier molecular flexibility index (Phi) is 4.91. The number of rotatable bonds is 2. The highest BCUT2D eigenvalue weighted by molar-refractivity contribution is 5.78. The molecule has 0 bridgehead atoms. The van der Waals surface area contributed by atoms with Crippen LogP contribution < -0.4 is 0 Å². The Hall–Kier alpha value is -2.90. The summed E-state index contributed by atoms with van der Waals surface area (Å²) in [5, 5.41) is 0. The van der Waals surface area contributed by atoms with Crippen LogP contribution in [0.3, 0.4) is 0 Å². The van der Waals surface area contributed by atoms with E-state index >= 15 is 0 Å². The molecule has 0 fully saturated rings. The highest BCUT2D eigenvalue weighted by Crippen LogP contribution is 2.38. The maximum absolute atomic E-state index is 14.4. The zero-order chi connectivity index (χ0) is 20.7. The van der Waals surface area contributed by atoms with E-state index in [0.717, 1.165) is 36.5 Å². The number of pyridine rings is 1. The fourth-order valence-corrected chi connectivity index (χ4v) is 2.91. The van der Waals surface area contributed by atoms with Gasteiger partial charge in [0.05, 0.1) is 11.1 Å². The van der Waals surface area contributed by atoms with E-state index in [1.165, 1.54) is 25.1 Å². The van der Waals surface area contributed by atoms with Crippen LogP contribution in [0.2, 0.25) is 0 Å². The Morgan fingerprint density at radius 2 is 1.25 bits per heavy atom. The first-order chi connectivity index (χ1) is 13.0. The molecule has 28 heavy (non-hydrogen) atoms. The quantitative estimate of drug-likeness (QED) is 0.337. The summed E-state index contributed by atoms with van der Waals surface area (Å²) in [5.74, 6) is -1.01. The second kappa shape index (κ2) is 6.92. The van der Waals surface area contributed by atoms with E-state index < -0.39 is 29.4 Å². The number of halogens is 7. The smallest absolute Gasteiger partial charge is 0.227 e. The number of aromatic nitrogens is 1. The number of hydrogen-bond donors (Lipinski definition) is 0. The topological polar surface area (TPSA) is 12.9 Å². The molecule has 0 spiro atoms. The highest BCUT2D eigenvalue weighted by Gasteiger charge is 2.32. The predicted molar refractivity (Wildman–Crippen MR) is 89.8 cm³/mol. The molecule has 1 aromatic heterocycles. The van der Waals surface area contributed by atoms with Gasteiger partial charge in [0.1, 0.15) is 0 Å². The molecule has 3 aromatic rings. The molecule has 3 rings (SSSR count). The maximum Gasteiger partial charge on any atom is 0.416 e. The average Bonchev–Trinajstić information content (AvgIpc) is 2.61. The number of alkyl halides is 6. The van der Waals surface area contributed by atoms with Gasteiger partial charge in [-0.15, -0.1) is 0 Å². The van der Waals surface area contributed by atoms with Crippen LogP contribution in [0.5, 0.6) is 0 Å².